The van der Waals surface area contributed by atoms with Gasteiger partial charge < -0.3 is 10.2 Å². The van der Waals surface area contributed by atoms with Crippen LogP contribution in [0.15, 0.2) is 18.2 Å². The Morgan fingerprint density at radius 2 is 2.40 bits per heavy atom. The van der Waals surface area contributed by atoms with Crippen LogP contribution < -0.4 is 10.2 Å². The van der Waals surface area contributed by atoms with Gasteiger partial charge in [-0.3, -0.25) is 0 Å². The molecule has 1 aliphatic rings. The lowest BCUT2D eigenvalue weighted by molar-refractivity contribution is 0.956. The van der Waals surface area contributed by atoms with Crippen LogP contribution in [0, 0.1) is 12.3 Å². The summed E-state index contributed by atoms with van der Waals surface area (Å²) in [7, 11) is 2.14. The van der Waals surface area contributed by atoms with Crippen molar-refractivity contribution in [3.8, 4) is 12.3 Å². The Kier molecular flexibility index (Phi) is 2.82. The van der Waals surface area contributed by atoms with E-state index in [1.807, 2.05) is 0 Å². The molecular formula is C13H16N2. The normalized spacial score (nSPS) is 13.5. The Bertz CT molecular complexity index is 390. The summed E-state index contributed by atoms with van der Waals surface area (Å²) in [6.45, 7) is 1.98. The fraction of sp³-hybridized carbons (Fsp3) is 0.385. The molecule has 1 aliphatic heterocycles. The number of fused-ring (bicyclic) bond motifs is 1. The van der Waals surface area contributed by atoms with Crippen molar-refractivity contribution in [3.63, 3.8) is 0 Å². The van der Waals surface area contributed by atoms with Gasteiger partial charge in [0, 0.05) is 37.9 Å². The third-order valence-corrected chi connectivity index (χ3v) is 2.81. The van der Waals surface area contributed by atoms with Crippen molar-refractivity contribution in [3.05, 3.63) is 23.8 Å². The average Bonchev–Trinajstić information content (AvgIpc) is 2.61. The number of rotatable bonds is 3. The Morgan fingerprint density at radius 3 is 3.20 bits per heavy atom. The molecule has 0 saturated heterocycles. The smallest absolute Gasteiger partial charge is 0.0398 e. The third-order valence-electron chi connectivity index (χ3n) is 2.81. The standard InChI is InChI=1S/C13H16N2/c1-3-4-8-14-12-5-6-13-11(10-12)7-9-15(13)2/h1,5-6,10,14H,4,7-9H2,2H3. The van der Waals surface area contributed by atoms with Gasteiger partial charge in [0.05, 0.1) is 0 Å². The van der Waals surface area contributed by atoms with Crippen LogP contribution in [0.25, 0.3) is 0 Å². The molecule has 0 radical (unpaired) electrons. The highest BCUT2D eigenvalue weighted by molar-refractivity contribution is 5.63. The lowest BCUT2D eigenvalue weighted by atomic mass is 10.1. The lowest BCUT2D eigenvalue weighted by Gasteiger charge is -2.12. The van der Waals surface area contributed by atoms with Crippen molar-refractivity contribution >= 4 is 11.4 Å². The number of nitrogens with one attached hydrogen (secondary N) is 1. The number of hydrogen-bond acceptors (Lipinski definition) is 2. The second kappa shape index (κ2) is 4.27. The summed E-state index contributed by atoms with van der Waals surface area (Å²) in [6.07, 6.45) is 7.13. The number of likely N-dealkylation sites (N-methyl/N-ethyl adjacent to an activating group) is 1. The van der Waals surface area contributed by atoms with E-state index in [4.69, 9.17) is 6.42 Å². The molecule has 1 N–H and O–H groups in total. The summed E-state index contributed by atoms with van der Waals surface area (Å²) in [6, 6.07) is 6.53. The van der Waals surface area contributed by atoms with Crippen molar-refractivity contribution in [2.24, 2.45) is 0 Å². The monoisotopic (exact) mass is 200 g/mol. The van der Waals surface area contributed by atoms with Crippen LogP contribution in [0.4, 0.5) is 11.4 Å². The van der Waals surface area contributed by atoms with Crippen LogP contribution in [-0.4, -0.2) is 20.1 Å². The van der Waals surface area contributed by atoms with E-state index in [0.717, 1.165) is 25.9 Å². The van der Waals surface area contributed by atoms with E-state index in [-0.39, 0.29) is 0 Å². The van der Waals surface area contributed by atoms with Gasteiger partial charge in [-0.1, -0.05) is 0 Å². The number of terminal acetylenes is 1. The van der Waals surface area contributed by atoms with Crippen LogP contribution in [0.5, 0.6) is 0 Å². The van der Waals surface area contributed by atoms with Gasteiger partial charge in [0.25, 0.3) is 0 Å². The van der Waals surface area contributed by atoms with Crippen molar-refractivity contribution in [1.82, 2.24) is 0 Å². The first-order valence-electron chi connectivity index (χ1n) is 5.32. The van der Waals surface area contributed by atoms with E-state index >= 15 is 0 Å². The van der Waals surface area contributed by atoms with Crippen molar-refractivity contribution in [2.45, 2.75) is 12.8 Å². The van der Waals surface area contributed by atoms with E-state index in [9.17, 15) is 0 Å². The third kappa shape index (κ3) is 2.07. The van der Waals surface area contributed by atoms with Crippen LogP contribution in [0.3, 0.4) is 0 Å². The molecule has 1 aromatic rings. The molecule has 1 aromatic carbocycles. The van der Waals surface area contributed by atoms with E-state index in [1.54, 1.807) is 0 Å². The Balaban J connectivity index is 2.07. The zero-order valence-electron chi connectivity index (χ0n) is 9.09. The maximum atomic E-state index is 5.20. The quantitative estimate of drug-likeness (QED) is 0.594. The summed E-state index contributed by atoms with van der Waals surface area (Å²) in [4.78, 5) is 2.29. The number of benzene rings is 1. The maximum Gasteiger partial charge on any atom is 0.0398 e. The van der Waals surface area contributed by atoms with Gasteiger partial charge in [-0.2, -0.15) is 0 Å². The summed E-state index contributed by atoms with van der Waals surface area (Å²) in [5, 5.41) is 3.33. The molecule has 78 valence electrons. The van der Waals surface area contributed by atoms with Gasteiger partial charge >= 0.3 is 0 Å². The van der Waals surface area contributed by atoms with Gasteiger partial charge in [0.1, 0.15) is 0 Å². The highest BCUT2D eigenvalue weighted by Gasteiger charge is 2.14. The molecule has 0 amide bonds. The molecule has 1 heterocycles. The fourth-order valence-electron chi connectivity index (χ4n) is 1.96. The second-order valence-electron chi connectivity index (χ2n) is 3.90. The van der Waals surface area contributed by atoms with E-state index in [1.165, 1.54) is 16.9 Å². The van der Waals surface area contributed by atoms with Crippen LogP contribution in [0.1, 0.15) is 12.0 Å². The first-order chi connectivity index (χ1) is 7.31. The topological polar surface area (TPSA) is 15.3 Å². The minimum Gasteiger partial charge on any atom is -0.384 e. The van der Waals surface area contributed by atoms with E-state index in [0.29, 0.717) is 0 Å². The average molecular weight is 200 g/mol. The summed E-state index contributed by atoms with van der Waals surface area (Å²) in [5.41, 5.74) is 3.97. The van der Waals surface area contributed by atoms with Gasteiger partial charge in [0.2, 0.25) is 0 Å². The van der Waals surface area contributed by atoms with Crippen LogP contribution >= 0.6 is 0 Å². The van der Waals surface area contributed by atoms with Gasteiger partial charge in [-0.15, -0.1) is 12.3 Å². The minimum absolute atomic E-state index is 0.775. The Hall–Kier alpha value is -1.62. The fourth-order valence-corrected chi connectivity index (χ4v) is 1.96. The molecule has 2 rings (SSSR count). The highest BCUT2D eigenvalue weighted by atomic mass is 15.1. The Morgan fingerprint density at radius 1 is 1.53 bits per heavy atom. The Labute approximate surface area is 91.3 Å². The molecule has 0 aliphatic carbocycles. The summed E-state index contributed by atoms with van der Waals surface area (Å²) in [5.74, 6) is 2.63. The first kappa shape index (κ1) is 9.92. The molecule has 0 atom stereocenters. The molecule has 2 heteroatoms. The van der Waals surface area contributed by atoms with E-state index in [2.05, 4.69) is 41.4 Å². The van der Waals surface area contributed by atoms with Crippen molar-refractivity contribution in [2.75, 3.05) is 30.4 Å². The molecule has 0 aromatic heterocycles. The lowest BCUT2D eigenvalue weighted by Crippen LogP contribution is -2.12. The molecule has 15 heavy (non-hydrogen) atoms. The van der Waals surface area contributed by atoms with Crippen molar-refractivity contribution < 1.29 is 0 Å². The zero-order valence-corrected chi connectivity index (χ0v) is 9.09. The van der Waals surface area contributed by atoms with Gasteiger partial charge in [-0.05, 0) is 30.2 Å². The van der Waals surface area contributed by atoms with Crippen molar-refractivity contribution in [1.29, 1.82) is 0 Å². The maximum absolute atomic E-state index is 5.20. The number of hydrogen-bond donors (Lipinski definition) is 1. The predicted molar refractivity (Wildman–Crippen MR) is 65.4 cm³/mol. The number of anilines is 2. The van der Waals surface area contributed by atoms with Crippen LogP contribution in [0.2, 0.25) is 0 Å². The molecule has 0 bridgehead atoms. The molecule has 0 saturated carbocycles. The molecule has 2 nitrogen and oxygen atoms in total. The number of nitrogens with zero attached hydrogens (tertiary/aromatic N) is 1. The highest BCUT2D eigenvalue weighted by Crippen LogP contribution is 2.28. The zero-order chi connectivity index (χ0) is 10.7. The molecule has 0 unspecified atom stereocenters. The predicted octanol–water partition coefficient (Wildman–Crippen LogP) is 2.11. The summed E-state index contributed by atoms with van der Waals surface area (Å²) < 4.78 is 0. The molecule has 0 spiro atoms. The SMILES string of the molecule is C#CCCNc1ccc2c(c1)CCN2C. The second-order valence-corrected chi connectivity index (χ2v) is 3.90. The van der Waals surface area contributed by atoms with Gasteiger partial charge in [0.15, 0.2) is 0 Å². The van der Waals surface area contributed by atoms with Crippen LogP contribution in [-0.2, 0) is 6.42 Å². The molecular weight excluding hydrogens is 184 g/mol. The molecule has 0 fully saturated rings. The summed E-state index contributed by atoms with van der Waals surface area (Å²) >= 11 is 0. The largest absolute Gasteiger partial charge is 0.384 e. The first-order valence-corrected chi connectivity index (χ1v) is 5.32. The van der Waals surface area contributed by atoms with Gasteiger partial charge in [-0.25, -0.2) is 0 Å². The minimum atomic E-state index is 0.775. The van der Waals surface area contributed by atoms with E-state index < -0.39 is 0 Å².